The van der Waals surface area contributed by atoms with Gasteiger partial charge >= 0.3 is 0 Å². The Labute approximate surface area is 104 Å². The van der Waals surface area contributed by atoms with Gasteiger partial charge in [0.25, 0.3) is 0 Å². The van der Waals surface area contributed by atoms with Crippen molar-refractivity contribution in [2.45, 2.75) is 25.1 Å². The normalized spacial score (nSPS) is 16.8. The van der Waals surface area contributed by atoms with Gasteiger partial charge in [0.1, 0.15) is 5.15 Å². The van der Waals surface area contributed by atoms with E-state index in [1.54, 1.807) is 18.5 Å². The SMILES string of the molecule is CC(NCC(C)S(C)=O)c1ccc(Cl)nc1. The molecule has 16 heavy (non-hydrogen) atoms. The van der Waals surface area contributed by atoms with Crippen LogP contribution in [0.5, 0.6) is 0 Å². The first-order valence-electron chi connectivity index (χ1n) is 5.17. The second kappa shape index (κ2) is 6.33. The molecule has 0 saturated heterocycles. The monoisotopic (exact) mass is 260 g/mol. The number of nitrogens with zero attached hydrogens (tertiary/aromatic N) is 1. The molecule has 0 bridgehead atoms. The number of aromatic nitrogens is 1. The van der Waals surface area contributed by atoms with Crippen LogP contribution in [0.25, 0.3) is 0 Å². The van der Waals surface area contributed by atoms with Crippen molar-refractivity contribution in [3.8, 4) is 0 Å². The average Bonchev–Trinajstić information content (AvgIpc) is 2.26. The molecule has 0 spiro atoms. The maximum absolute atomic E-state index is 11.2. The zero-order chi connectivity index (χ0) is 12.1. The van der Waals surface area contributed by atoms with Gasteiger partial charge in [-0.15, -0.1) is 0 Å². The van der Waals surface area contributed by atoms with Gasteiger partial charge in [-0.3, -0.25) is 4.21 Å². The molecule has 3 nitrogen and oxygen atoms in total. The first kappa shape index (κ1) is 13.6. The molecule has 3 unspecified atom stereocenters. The molecule has 0 aliphatic rings. The van der Waals surface area contributed by atoms with Crippen molar-refractivity contribution >= 4 is 22.4 Å². The van der Waals surface area contributed by atoms with Crippen LogP contribution in [0.2, 0.25) is 5.15 Å². The number of nitrogens with one attached hydrogen (secondary N) is 1. The molecule has 0 aromatic carbocycles. The number of pyridine rings is 1. The second-order valence-electron chi connectivity index (χ2n) is 3.85. The van der Waals surface area contributed by atoms with Gasteiger partial charge in [0.15, 0.2) is 0 Å². The van der Waals surface area contributed by atoms with Crippen molar-refractivity contribution in [1.29, 1.82) is 0 Å². The van der Waals surface area contributed by atoms with Crippen LogP contribution in [0.15, 0.2) is 18.3 Å². The third-order valence-electron chi connectivity index (χ3n) is 2.53. The Morgan fingerprint density at radius 1 is 1.50 bits per heavy atom. The van der Waals surface area contributed by atoms with E-state index in [2.05, 4.69) is 17.2 Å². The zero-order valence-electron chi connectivity index (χ0n) is 9.74. The maximum Gasteiger partial charge on any atom is 0.129 e. The highest BCUT2D eigenvalue weighted by Crippen LogP contribution is 2.13. The van der Waals surface area contributed by atoms with E-state index in [9.17, 15) is 4.21 Å². The molecular weight excluding hydrogens is 244 g/mol. The van der Waals surface area contributed by atoms with Gasteiger partial charge in [-0.2, -0.15) is 0 Å². The van der Waals surface area contributed by atoms with Crippen LogP contribution >= 0.6 is 11.6 Å². The van der Waals surface area contributed by atoms with Crippen molar-refractivity contribution in [1.82, 2.24) is 10.3 Å². The lowest BCUT2D eigenvalue weighted by Crippen LogP contribution is -2.29. The fraction of sp³-hybridized carbons (Fsp3) is 0.545. The Morgan fingerprint density at radius 2 is 2.19 bits per heavy atom. The largest absolute Gasteiger partial charge is 0.309 e. The van der Waals surface area contributed by atoms with E-state index >= 15 is 0 Å². The molecular formula is C11H17ClN2OS. The maximum atomic E-state index is 11.2. The molecule has 1 N–H and O–H groups in total. The van der Waals surface area contributed by atoms with E-state index in [0.717, 1.165) is 12.1 Å². The van der Waals surface area contributed by atoms with Crippen LogP contribution in [-0.2, 0) is 10.8 Å². The smallest absolute Gasteiger partial charge is 0.129 e. The molecule has 5 heteroatoms. The van der Waals surface area contributed by atoms with Crippen molar-refractivity contribution in [3.05, 3.63) is 29.0 Å². The minimum atomic E-state index is -0.786. The minimum absolute atomic E-state index is 0.155. The van der Waals surface area contributed by atoms with Crippen molar-refractivity contribution in [3.63, 3.8) is 0 Å². The summed E-state index contributed by atoms with van der Waals surface area (Å²) in [5.41, 5.74) is 1.08. The topological polar surface area (TPSA) is 42.0 Å². The quantitative estimate of drug-likeness (QED) is 0.825. The Hall–Kier alpha value is -0.450. The highest BCUT2D eigenvalue weighted by Gasteiger charge is 2.09. The van der Waals surface area contributed by atoms with E-state index in [-0.39, 0.29) is 11.3 Å². The first-order chi connectivity index (χ1) is 7.50. The van der Waals surface area contributed by atoms with Crippen LogP contribution in [0.3, 0.4) is 0 Å². The summed E-state index contributed by atoms with van der Waals surface area (Å²) in [6.45, 7) is 4.75. The van der Waals surface area contributed by atoms with Crippen LogP contribution < -0.4 is 5.32 Å². The predicted octanol–water partition coefficient (Wildman–Crippen LogP) is 2.15. The summed E-state index contributed by atoms with van der Waals surface area (Å²) in [7, 11) is -0.786. The van der Waals surface area contributed by atoms with Crippen molar-refractivity contribution in [2.24, 2.45) is 0 Å². The fourth-order valence-corrected chi connectivity index (χ4v) is 1.66. The third kappa shape index (κ3) is 4.20. The average molecular weight is 261 g/mol. The van der Waals surface area contributed by atoms with E-state index in [0.29, 0.717) is 5.15 Å². The van der Waals surface area contributed by atoms with Gasteiger partial charge in [-0.1, -0.05) is 17.7 Å². The standard InChI is InChI=1S/C11H17ClN2OS/c1-8(16(3)15)6-13-9(2)10-4-5-11(12)14-7-10/h4-5,7-9,13H,6H2,1-3H3. The Balaban J connectivity index is 2.49. The summed E-state index contributed by atoms with van der Waals surface area (Å²) < 4.78 is 11.2. The van der Waals surface area contributed by atoms with Gasteiger partial charge in [-0.25, -0.2) is 4.98 Å². The molecule has 0 fully saturated rings. The van der Waals surface area contributed by atoms with Crippen LogP contribution in [0.4, 0.5) is 0 Å². The fourth-order valence-electron chi connectivity index (χ4n) is 1.22. The van der Waals surface area contributed by atoms with Crippen molar-refractivity contribution < 1.29 is 4.21 Å². The Morgan fingerprint density at radius 3 is 2.69 bits per heavy atom. The van der Waals surface area contributed by atoms with E-state index < -0.39 is 10.8 Å². The molecule has 90 valence electrons. The van der Waals surface area contributed by atoms with Gasteiger partial charge < -0.3 is 5.32 Å². The van der Waals surface area contributed by atoms with Crippen LogP contribution in [0.1, 0.15) is 25.5 Å². The summed E-state index contributed by atoms with van der Waals surface area (Å²) in [5.74, 6) is 0. The van der Waals surface area contributed by atoms with Crippen molar-refractivity contribution in [2.75, 3.05) is 12.8 Å². The van der Waals surface area contributed by atoms with Gasteiger partial charge in [0.05, 0.1) is 0 Å². The summed E-state index contributed by atoms with van der Waals surface area (Å²) in [6, 6.07) is 3.91. The number of halogens is 1. The molecule has 3 atom stereocenters. The lowest BCUT2D eigenvalue weighted by molar-refractivity contribution is 0.567. The summed E-state index contributed by atoms with van der Waals surface area (Å²) in [6.07, 6.45) is 3.48. The molecule has 0 saturated carbocycles. The number of hydrogen-bond acceptors (Lipinski definition) is 3. The van der Waals surface area contributed by atoms with Gasteiger partial charge in [-0.05, 0) is 25.5 Å². The van der Waals surface area contributed by atoms with Gasteiger partial charge in [0, 0.05) is 41.1 Å². The van der Waals surface area contributed by atoms with Crippen LogP contribution in [-0.4, -0.2) is 27.2 Å². The molecule has 1 heterocycles. The van der Waals surface area contributed by atoms with Gasteiger partial charge in [0.2, 0.25) is 0 Å². The summed E-state index contributed by atoms with van der Waals surface area (Å²) >= 11 is 5.71. The van der Waals surface area contributed by atoms with E-state index in [4.69, 9.17) is 11.6 Å². The molecule has 1 aromatic heterocycles. The lowest BCUT2D eigenvalue weighted by atomic mass is 10.1. The predicted molar refractivity (Wildman–Crippen MR) is 69.2 cm³/mol. The summed E-state index contributed by atoms with van der Waals surface area (Å²) in [4.78, 5) is 4.03. The van der Waals surface area contributed by atoms with Crippen LogP contribution in [0, 0.1) is 0 Å². The molecule has 1 rings (SSSR count). The molecule has 1 aromatic rings. The Kier molecular flexibility index (Phi) is 5.38. The molecule has 0 radical (unpaired) electrons. The molecule has 0 aliphatic heterocycles. The van der Waals surface area contributed by atoms with E-state index in [1.165, 1.54) is 0 Å². The number of hydrogen-bond donors (Lipinski definition) is 1. The third-order valence-corrected chi connectivity index (χ3v) is 4.05. The lowest BCUT2D eigenvalue weighted by Gasteiger charge is -2.16. The minimum Gasteiger partial charge on any atom is -0.309 e. The molecule has 0 amide bonds. The number of rotatable bonds is 5. The zero-order valence-corrected chi connectivity index (χ0v) is 11.3. The Bertz CT molecular complexity index is 356. The highest BCUT2D eigenvalue weighted by atomic mass is 35.5. The second-order valence-corrected chi connectivity index (χ2v) is 6.04. The van der Waals surface area contributed by atoms with E-state index in [1.807, 2.05) is 13.0 Å². The highest BCUT2D eigenvalue weighted by molar-refractivity contribution is 7.84. The summed E-state index contributed by atoms with van der Waals surface area (Å²) in [5, 5.41) is 3.98. The molecule has 0 aliphatic carbocycles. The first-order valence-corrected chi connectivity index (χ1v) is 7.17.